The number of aliphatic hydroxyl groups is 1. The van der Waals surface area contributed by atoms with E-state index in [-0.39, 0.29) is 6.10 Å². The van der Waals surface area contributed by atoms with Gasteiger partial charge in [-0.05, 0) is 46.1 Å². The molecule has 2 unspecified atom stereocenters. The van der Waals surface area contributed by atoms with Crippen LogP contribution in [0, 0.1) is 5.92 Å². The van der Waals surface area contributed by atoms with Crippen LogP contribution in [0.1, 0.15) is 23.8 Å². The van der Waals surface area contributed by atoms with Crippen molar-refractivity contribution in [1.82, 2.24) is 0 Å². The van der Waals surface area contributed by atoms with Crippen LogP contribution in [0.3, 0.4) is 0 Å². The summed E-state index contributed by atoms with van der Waals surface area (Å²) in [6.45, 7) is 1.66. The maximum Gasteiger partial charge on any atom is 0.0896 e. The number of thiophene rings is 1. The second-order valence-electron chi connectivity index (χ2n) is 3.61. The molecule has 0 bridgehead atoms. The molecule has 78 valence electrons. The largest absolute Gasteiger partial charge is 0.388 e. The van der Waals surface area contributed by atoms with Crippen molar-refractivity contribution in [3.8, 4) is 0 Å². The first-order chi connectivity index (χ1) is 6.77. The molecule has 2 heterocycles. The van der Waals surface area contributed by atoms with E-state index in [4.69, 9.17) is 4.74 Å². The summed E-state index contributed by atoms with van der Waals surface area (Å²) in [7, 11) is 0. The van der Waals surface area contributed by atoms with E-state index in [2.05, 4.69) is 15.9 Å². The molecule has 1 aliphatic rings. The van der Waals surface area contributed by atoms with Gasteiger partial charge in [0.25, 0.3) is 0 Å². The highest BCUT2D eigenvalue weighted by atomic mass is 79.9. The van der Waals surface area contributed by atoms with Crippen molar-refractivity contribution in [3.05, 3.63) is 20.8 Å². The lowest BCUT2D eigenvalue weighted by molar-refractivity contribution is 0.132. The van der Waals surface area contributed by atoms with Crippen LogP contribution in [0.25, 0.3) is 0 Å². The van der Waals surface area contributed by atoms with E-state index in [0.717, 1.165) is 35.4 Å². The standard InChI is InChI=1S/C10H13BrO2S/c11-8-2-4-14-10(8)9(12)5-7-1-3-13-6-7/h2,4,7,9,12H,1,3,5-6H2. The SMILES string of the molecule is OC(CC1CCOC1)c1sccc1Br. The molecule has 2 atom stereocenters. The van der Waals surface area contributed by atoms with Gasteiger partial charge in [-0.1, -0.05) is 0 Å². The Kier molecular flexibility index (Phi) is 3.60. The van der Waals surface area contributed by atoms with Gasteiger partial charge in [0.2, 0.25) is 0 Å². The lowest BCUT2D eigenvalue weighted by Gasteiger charge is -2.13. The highest BCUT2D eigenvalue weighted by molar-refractivity contribution is 9.10. The zero-order valence-corrected chi connectivity index (χ0v) is 10.2. The molecule has 0 spiro atoms. The lowest BCUT2D eigenvalue weighted by atomic mass is 10.0. The highest BCUT2D eigenvalue weighted by Gasteiger charge is 2.22. The molecular weight excluding hydrogens is 264 g/mol. The molecule has 1 fully saturated rings. The maximum absolute atomic E-state index is 9.98. The Bertz CT molecular complexity index is 294. The van der Waals surface area contributed by atoms with Gasteiger partial charge in [0, 0.05) is 22.6 Å². The molecule has 1 aromatic rings. The van der Waals surface area contributed by atoms with Crippen molar-refractivity contribution in [1.29, 1.82) is 0 Å². The first-order valence-corrected chi connectivity index (χ1v) is 6.43. The smallest absolute Gasteiger partial charge is 0.0896 e. The van der Waals surface area contributed by atoms with E-state index in [1.54, 1.807) is 11.3 Å². The molecule has 1 saturated heterocycles. The van der Waals surface area contributed by atoms with Gasteiger partial charge >= 0.3 is 0 Å². The number of hydrogen-bond donors (Lipinski definition) is 1. The van der Waals surface area contributed by atoms with Gasteiger partial charge in [-0.3, -0.25) is 0 Å². The van der Waals surface area contributed by atoms with Crippen molar-refractivity contribution < 1.29 is 9.84 Å². The predicted molar refractivity (Wildman–Crippen MR) is 60.5 cm³/mol. The summed E-state index contributed by atoms with van der Waals surface area (Å²) in [5, 5.41) is 12.0. The van der Waals surface area contributed by atoms with E-state index in [0.29, 0.717) is 5.92 Å². The molecule has 4 heteroatoms. The molecule has 0 aliphatic carbocycles. The lowest BCUT2D eigenvalue weighted by Crippen LogP contribution is -2.06. The normalized spacial score (nSPS) is 24.0. The zero-order chi connectivity index (χ0) is 9.97. The summed E-state index contributed by atoms with van der Waals surface area (Å²) in [4.78, 5) is 1.04. The molecule has 1 N–H and O–H groups in total. The number of ether oxygens (including phenoxy) is 1. The third kappa shape index (κ3) is 2.37. The van der Waals surface area contributed by atoms with Crippen LogP contribution in [0.4, 0.5) is 0 Å². The molecule has 14 heavy (non-hydrogen) atoms. The molecule has 1 aliphatic heterocycles. The molecule has 0 radical (unpaired) electrons. The minimum absolute atomic E-state index is 0.337. The number of halogens is 1. The second kappa shape index (κ2) is 4.75. The van der Waals surface area contributed by atoms with Crippen LogP contribution >= 0.6 is 27.3 Å². The molecule has 2 nitrogen and oxygen atoms in total. The first-order valence-electron chi connectivity index (χ1n) is 4.76. The Morgan fingerprint density at radius 2 is 2.57 bits per heavy atom. The van der Waals surface area contributed by atoms with Crippen molar-refractivity contribution in [2.45, 2.75) is 18.9 Å². The molecule has 0 saturated carbocycles. The van der Waals surface area contributed by atoms with Crippen molar-refractivity contribution in [2.24, 2.45) is 5.92 Å². The van der Waals surface area contributed by atoms with Gasteiger partial charge in [0.1, 0.15) is 0 Å². The number of aliphatic hydroxyl groups excluding tert-OH is 1. The Morgan fingerprint density at radius 3 is 3.14 bits per heavy atom. The predicted octanol–water partition coefficient (Wildman–Crippen LogP) is 2.97. The minimum Gasteiger partial charge on any atom is -0.388 e. The third-order valence-corrected chi connectivity index (χ3v) is 4.50. The van der Waals surface area contributed by atoms with Crippen LogP contribution in [0.15, 0.2) is 15.9 Å². The topological polar surface area (TPSA) is 29.5 Å². The fourth-order valence-corrected chi connectivity index (χ4v) is 3.37. The van der Waals surface area contributed by atoms with E-state index in [1.807, 2.05) is 11.4 Å². The van der Waals surface area contributed by atoms with Gasteiger partial charge in [0.15, 0.2) is 0 Å². The Morgan fingerprint density at radius 1 is 1.71 bits per heavy atom. The Balaban J connectivity index is 1.95. The summed E-state index contributed by atoms with van der Waals surface area (Å²) < 4.78 is 6.31. The highest BCUT2D eigenvalue weighted by Crippen LogP contribution is 2.34. The van der Waals surface area contributed by atoms with Gasteiger partial charge in [-0.15, -0.1) is 11.3 Å². The van der Waals surface area contributed by atoms with Crippen LogP contribution in [0.2, 0.25) is 0 Å². The monoisotopic (exact) mass is 276 g/mol. The summed E-state index contributed by atoms with van der Waals surface area (Å²) in [6, 6.07) is 1.98. The minimum atomic E-state index is -0.337. The molecular formula is C10H13BrO2S. The van der Waals surface area contributed by atoms with E-state index >= 15 is 0 Å². The van der Waals surface area contributed by atoms with Crippen LogP contribution in [-0.2, 0) is 4.74 Å². The van der Waals surface area contributed by atoms with Crippen molar-refractivity contribution in [2.75, 3.05) is 13.2 Å². The van der Waals surface area contributed by atoms with Gasteiger partial charge in [-0.2, -0.15) is 0 Å². The number of hydrogen-bond acceptors (Lipinski definition) is 3. The van der Waals surface area contributed by atoms with Gasteiger partial charge in [0.05, 0.1) is 6.10 Å². The fourth-order valence-electron chi connectivity index (χ4n) is 1.74. The van der Waals surface area contributed by atoms with Gasteiger partial charge in [-0.25, -0.2) is 0 Å². The quantitative estimate of drug-likeness (QED) is 0.920. The molecule has 1 aromatic heterocycles. The molecule has 0 aromatic carbocycles. The Labute approximate surface area is 96.0 Å². The van der Waals surface area contributed by atoms with E-state index in [9.17, 15) is 5.11 Å². The average molecular weight is 277 g/mol. The van der Waals surface area contributed by atoms with E-state index in [1.165, 1.54) is 0 Å². The summed E-state index contributed by atoms with van der Waals surface area (Å²) in [6.07, 6.45) is 1.56. The summed E-state index contributed by atoms with van der Waals surface area (Å²) >= 11 is 5.04. The third-order valence-electron chi connectivity index (χ3n) is 2.53. The Hall–Kier alpha value is 0.100. The average Bonchev–Trinajstić information content (AvgIpc) is 2.75. The second-order valence-corrected chi connectivity index (χ2v) is 5.42. The van der Waals surface area contributed by atoms with Crippen LogP contribution in [0.5, 0.6) is 0 Å². The van der Waals surface area contributed by atoms with Crippen molar-refractivity contribution >= 4 is 27.3 Å². The first kappa shape index (κ1) is 10.6. The number of rotatable bonds is 3. The summed E-state index contributed by atoms with van der Waals surface area (Å²) in [5.74, 6) is 0.527. The van der Waals surface area contributed by atoms with Crippen molar-refractivity contribution in [3.63, 3.8) is 0 Å². The maximum atomic E-state index is 9.98. The molecule has 0 amide bonds. The zero-order valence-electron chi connectivity index (χ0n) is 7.78. The van der Waals surface area contributed by atoms with Gasteiger partial charge < -0.3 is 9.84 Å². The van der Waals surface area contributed by atoms with Crippen LogP contribution in [-0.4, -0.2) is 18.3 Å². The fraction of sp³-hybridized carbons (Fsp3) is 0.600. The van der Waals surface area contributed by atoms with Crippen LogP contribution < -0.4 is 0 Å². The summed E-state index contributed by atoms with van der Waals surface area (Å²) in [5.41, 5.74) is 0. The molecule has 2 rings (SSSR count). The van der Waals surface area contributed by atoms with E-state index < -0.39 is 0 Å².